The molecule has 0 radical (unpaired) electrons. The van der Waals surface area contributed by atoms with E-state index in [0.29, 0.717) is 0 Å². The molecule has 0 aromatic carbocycles. The van der Waals surface area contributed by atoms with Crippen LogP contribution in [0.25, 0.3) is 0 Å². The molecule has 4 rings (SSSR count). The van der Waals surface area contributed by atoms with Crippen LogP contribution in [-0.2, 0) is 0 Å². The van der Waals surface area contributed by atoms with Crippen LogP contribution in [0.4, 0.5) is 5.13 Å². The molecule has 3 heterocycles. The number of piperazine rings is 1. The Morgan fingerprint density at radius 1 is 1.19 bits per heavy atom. The maximum atomic E-state index is 4.43. The van der Waals surface area contributed by atoms with Crippen molar-refractivity contribution in [2.45, 2.75) is 44.2 Å². The van der Waals surface area contributed by atoms with E-state index in [9.17, 15) is 0 Å². The standard InChI is InChI=1S/C16H26N4S/c1-2-4-15-13(3-1)11-14(18-15)12-19-6-8-20(9-7-19)16-17-5-10-21-16/h5,10,13-15,18H,1-4,6-9,11-12H2. The Kier molecular flexibility index (Phi) is 4.14. The molecule has 3 fully saturated rings. The topological polar surface area (TPSA) is 31.4 Å². The maximum Gasteiger partial charge on any atom is 0.185 e. The molecule has 3 aliphatic rings. The highest BCUT2D eigenvalue weighted by Gasteiger charge is 2.35. The van der Waals surface area contributed by atoms with Gasteiger partial charge in [0.05, 0.1) is 0 Å². The third-order valence-electron chi connectivity index (χ3n) is 5.49. The second kappa shape index (κ2) is 6.23. The zero-order valence-corrected chi connectivity index (χ0v) is 13.5. The number of hydrogen-bond donors (Lipinski definition) is 1. The van der Waals surface area contributed by atoms with E-state index in [-0.39, 0.29) is 0 Å². The molecule has 0 spiro atoms. The highest BCUT2D eigenvalue weighted by molar-refractivity contribution is 7.13. The van der Waals surface area contributed by atoms with Crippen LogP contribution in [0.2, 0.25) is 0 Å². The molecule has 3 unspecified atom stereocenters. The van der Waals surface area contributed by atoms with Crippen molar-refractivity contribution in [1.29, 1.82) is 0 Å². The summed E-state index contributed by atoms with van der Waals surface area (Å²) >= 11 is 1.76. The van der Waals surface area contributed by atoms with Crippen LogP contribution < -0.4 is 10.2 Å². The Hall–Kier alpha value is -0.650. The third kappa shape index (κ3) is 3.10. The summed E-state index contributed by atoms with van der Waals surface area (Å²) in [7, 11) is 0. The van der Waals surface area contributed by atoms with Crippen LogP contribution in [0.5, 0.6) is 0 Å². The molecule has 0 amide bonds. The molecule has 0 bridgehead atoms. The summed E-state index contributed by atoms with van der Waals surface area (Å²) in [5.41, 5.74) is 0. The SMILES string of the molecule is c1csc(N2CCN(CC3CC4CCCCC4N3)CC2)n1. The fraction of sp³-hybridized carbons (Fsp3) is 0.812. The molecule has 2 aliphatic heterocycles. The highest BCUT2D eigenvalue weighted by atomic mass is 32.1. The summed E-state index contributed by atoms with van der Waals surface area (Å²) in [5.74, 6) is 0.973. The minimum atomic E-state index is 0.740. The molecule has 1 aliphatic carbocycles. The number of rotatable bonds is 3. The van der Waals surface area contributed by atoms with Crippen molar-refractivity contribution in [3.05, 3.63) is 11.6 Å². The molecule has 4 nitrogen and oxygen atoms in total. The molecule has 1 aromatic heterocycles. The molecule has 21 heavy (non-hydrogen) atoms. The highest BCUT2D eigenvalue weighted by Crippen LogP contribution is 2.33. The Bertz CT molecular complexity index is 427. The summed E-state index contributed by atoms with van der Waals surface area (Å²) in [6, 6.07) is 1.57. The fourth-order valence-corrected chi connectivity index (χ4v) is 5.07. The molecule has 5 heteroatoms. The Morgan fingerprint density at radius 2 is 2.05 bits per heavy atom. The first-order valence-corrected chi connectivity index (χ1v) is 9.39. The summed E-state index contributed by atoms with van der Waals surface area (Å²) in [6.45, 7) is 5.89. The van der Waals surface area contributed by atoms with E-state index in [4.69, 9.17) is 0 Å². The second-order valence-electron chi connectivity index (χ2n) is 6.85. The predicted molar refractivity (Wildman–Crippen MR) is 88.1 cm³/mol. The van der Waals surface area contributed by atoms with Gasteiger partial charge in [-0.3, -0.25) is 4.90 Å². The normalized spacial score (nSPS) is 34.1. The Labute approximate surface area is 131 Å². The molecular formula is C16H26N4S. The van der Waals surface area contributed by atoms with Gasteiger partial charge in [0.2, 0.25) is 0 Å². The number of thiazole rings is 1. The minimum absolute atomic E-state index is 0.740. The van der Waals surface area contributed by atoms with Gasteiger partial charge in [-0.05, 0) is 25.2 Å². The van der Waals surface area contributed by atoms with Crippen molar-refractivity contribution in [3.63, 3.8) is 0 Å². The van der Waals surface area contributed by atoms with E-state index in [1.165, 1.54) is 56.9 Å². The van der Waals surface area contributed by atoms with Gasteiger partial charge in [-0.1, -0.05) is 12.8 Å². The van der Waals surface area contributed by atoms with Crippen molar-refractivity contribution >= 4 is 16.5 Å². The minimum Gasteiger partial charge on any atom is -0.346 e. The number of anilines is 1. The van der Waals surface area contributed by atoms with E-state index in [1.807, 2.05) is 6.20 Å². The predicted octanol–water partition coefficient (Wildman–Crippen LogP) is 2.19. The van der Waals surface area contributed by atoms with E-state index in [2.05, 4.69) is 25.5 Å². The van der Waals surface area contributed by atoms with Gasteiger partial charge in [-0.15, -0.1) is 11.3 Å². The van der Waals surface area contributed by atoms with E-state index < -0.39 is 0 Å². The van der Waals surface area contributed by atoms with Gasteiger partial charge in [0.25, 0.3) is 0 Å². The number of nitrogens with one attached hydrogen (secondary N) is 1. The first-order chi connectivity index (χ1) is 10.4. The largest absolute Gasteiger partial charge is 0.346 e. The first kappa shape index (κ1) is 14.0. The average Bonchev–Trinajstić information content (AvgIpc) is 3.17. The van der Waals surface area contributed by atoms with Gasteiger partial charge in [0, 0.05) is 56.4 Å². The maximum absolute atomic E-state index is 4.43. The Balaban J connectivity index is 1.26. The first-order valence-electron chi connectivity index (χ1n) is 8.51. The summed E-state index contributed by atoms with van der Waals surface area (Å²) in [5, 5.41) is 7.18. The molecule has 1 N–H and O–H groups in total. The van der Waals surface area contributed by atoms with Gasteiger partial charge >= 0.3 is 0 Å². The number of fused-ring (bicyclic) bond motifs is 1. The number of hydrogen-bond acceptors (Lipinski definition) is 5. The lowest BCUT2D eigenvalue weighted by Crippen LogP contribution is -2.50. The van der Waals surface area contributed by atoms with Gasteiger partial charge in [-0.25, -0.2) is 4.98 Å². The van der Waals surface area contributed by atoms with Crippen molar-refractivity contribution in [2.75, 3.05) is 37.6 Å². The van der Waals surface area contributed by atoms with Gasteiger partial charge in [0.1, 0.15) is 0 Å². The lowest BCUT2D eigenvalue weighted by molar-refractivity contribution is 0.233. The molecule has 1 saturated carbocycles. The lowest BCUT2D eigenvalue weighted by atomic mass is 9.85. The van der Waals surface area contributed by atoms with Crippen LogP contribution in [0, 0.1) is 5.92 Å². The van der Waals surface area contributed by atoms with Crippen molar-refractivity contribution < 1.29 is 0 Å². The van der Waals surface area contributed by atoms with Crippen molar-refractivity contribution in [1.82, 2.24) is 15.2 Å². The zero-order chi connectivity index (χ0) is 14.1. The number of nitrogens with zero attached hydrogens (tertiary/aromatic N) is 3. The van der Waals surface area contributed by atoms with Gasteiger partial charge in [0.15, 0.2) is 5.13 Å². The molecule has 116 valence electrons. The third-order valence-corrected chi connectivity index (χ3v) is 6.32. The van der Waals surface area contributed by atoms with Crippen LogP contribution in [0.1, 0.15) is 32.1 Å². The van der Waals surface area contributed by atoms with Crippen LogP contribution in [-0.4, -0.2) is 54.7 Å². The summed E-state index contributed by atoms with van der Waals surface area (Å²) < 4.78 is 0. The monoisotopic (exact) mass is 306 g/mol. The fourth-order valence-electron chi connectivity index (χ4n) is 4.38. The summed E-state index contributed by atoms with van der Waals surface area (Å²) in [6.07, 6.45) is 9.11. The van der Waals surface area contributed by atoms with Crippen LogP contribution >= 0.6 is 11.3 Å². The van der Waals surface area contributed by atoms with E-state index in [0.717, 1.165) is 31.1 Å². The smallest absolute Gasteiger partial charge is 0.185 e. The summed E-state index contributed by atoms with van der Waals surface area (Å²) in [4.78, 5) is 9.52. The molecule has 2 saturated heterocycles. The lowest BCUT2D eigenvalue weighted by Gasteiger charge is -2.35. The Morgan fingerprint density at radius 3 is 2.81 bits per heavy atom. The van der Waals surface area contributed by atoms with E-state index >= 15 is 0 Å². The van der Waals surface area contributed by atoms with Gasteiger partial charge < -0.3 is 10.2 Å². The molecular weight excluding hydrogens is 280 g/mol. The van der Waals surface area contributed by atoms with Crippen LogP contribution in [0.3, 0.4) is 0 Å². The van der Waals surface area contributed by atoms with Gasteiger partial charge in [-0.2, -0.15) is 0 Å². The van der Waals surface area contributed by atoms with E-state index in [1.54, 1.807) is 11.3 Å². The second-order valence-corrected chi connectivity index (χ2v) is 7.73. The van der Waals surface area contributed by atoms with Crippen molar-refractivity contribution in [3.8, 4) is 0 Å². The zero-order valence-electron chi connectivity index (χ0n) is 12.7. The molecule has 3 atom stereocenters. The average molecular weight is 306 g/mol. The van der Waals surface area contributed by atoms with Crippen molar-refractivity contribution in [2.24, 2.45) is 5.92 Å². The van der Waals surface area contributed by atoms with Crippen LogP contribution in [0.15, 0.2) is 11.6 Å². The molecule has 1 aromatic rings. The quantitative estimate of drug-likeness (QED) is 0.927. The number of aromatic nitrogens is 1.